The molecule has 29 heavy (non-hydrogen) atoms. The molecule has 0 radical (unpaired) electrons. The van der Waals surface area contributed by atoms with Crippen LogP contribution in [-0.2, 0) is 6.42 Å². The maximum absolute atomic E-state index is 14.5. The van der Waals surface area contributed by atoms with Gasteiger partial charge in [0.1, 0.15) is 5.82 Å². The monoisotopic (exact) mass is 392 g/mol. The van der Waals surface area contributed by atoms with Crippen LogP contribution in [0.5, 0.6) is 0 Å². The van der Waals surface area contributed by atoms with Gasteiger partial charge in [0.15, 0.2) is 11.6 Å². The summed E-state index contributed by atoms with van der Waals surface area (Å²) < 4.78 is 41.0. The highest BCUT2D eigenvalue weighted by atomic mass is 19.2. The van der Waals surface area contributed by atoms with Gasteiger partial charge in [0.05, 0.1) is 5.56 Å². The lowest BCUT2D eigenvalue weighted by Gasteiger charge is -2.05. The molecule has 0 atom stereocenters. The Bertz CT molecular complexity index is 1070. The highest BCUT2D eigenvalue weighted by Crippen LogP contribution is 2.23. The molecule has 3 aromatic rings. The lowest BCUT2D eigenvalue weighted by molar-refractivity contribution is 0.509. The quantitative estimate of drug-likeness (QED) is 0.318. The van der Waals surface area contributed by atoms with Crippen molar-refractivity contribution in [3.63, 3.8) is 0 Å². The van der Waals surface area contributed by atoms with Gasteiger partial charge in [-0.05, 0) is 72.4 Å². The van der Waals surface area contributed by atoms with E-state index in [0.717, 1.165) is 29.7 Å². The van der Waals surface area contributed by atoms with Crippen LogP contribution in [0, 0.1) is 36.2 Å². The number of hydrogen-bond acceptors (Lipinski definition) is 0. The van der Waals surface area contributed by atoms with E-state index in [2.05, 4.69) is 30.9 Å². The normalized spacial score (nSPS) is 10.5. The summed E-state index contributed by atoms with van der Waals surface area (Å²) in [5, 5.41) is 0. The molecule has 0 aliphatic carbocycles. The van der Waals surface area contributed by atoms with E-state index < -0.39 is 17.5 Å². The summed E-state index contributed by atoms with van der Waals surface area (Å²) in [4.78, 5) is 0. The Balaban J connectivity index is 1.79. The fraction of sp³-hybridized carbons (Fsp3) is 0.231. The first-order valence-electron chi connectivity index (χ1n) is 9.84. The number of benzene rings is 3. The number of halogens is 3. The molecule has 3 rings (SSSR count). The second kappa shape index (κ2) is 9.47. The average Bonchev–Trinajstić information content (AvgIpc) is 2.70. The van der Waals surface area contributed by atoms with Crippen LogP contribution in [0.25, 0.3) is 11.1 Å². The lowest BCUT2D eigenvalue weighted by atomic mass is 10.0. The first kappa shape index (κ1) is 20.7. The molecule has 0 N–H and O–H groups in total. The number of hydrogen-bond donors (Lipinski definition) is 0. The van der Waals surface area contributed by atoms with Crippen molar-refractivity contribution in [2.45, 2.75) is 39.5 Å². The molecule has 0 aliphatic rings. The molecule has 0 nitrogen and oxygen atoms in total. The van der Waals surface area contributed by atoms with Gasteiger partial charge in [-0.3, -0.25) is 0 Å². The zero-order valence-corrected chi connectivity index (χ0v) is 16.7. The summed E-state index contributed by atoms with van der Waals surface area (Å²) in [6.07, 6.45) is 4.66. The molecule has 148 valence electrons. The van der Waals surface area contributed by atoms with Crippen molar-refractivity contribution < 1.29 is 13.2 Å². The molecule has 0 unspecified atom stereocenters. The third kappa shape index (κ3) is 5.29. The van der Waals surface area contributed by atoms with Gasteiger partial charge in [-0.15, -0.1) is 0 Å². The van der Waals surface area contributed by atoms with Crippen LogP contribution in [0.1, 0.15) is 48.4 Å². The Kier molecular flexibility index (Phi) is 6.77. The van der Waals surface area contributed by atoms with Gasteiger partial charge in [0, 0.05) is 5.56 Å². The first-order chi connectivity index (χ1) is 14.0. The minimum Gasteiger partial charge on any atom is -0.206 e. The Morgan fingerprint density at radius 1 is 0.690 bits per heavy atom. The Hall–Kier alpha value is -2.99. The highest BCUT2D eigenvalue weighted by Gasteiger charge is 2.07. The van der Waals surface area contributed by atoms with Crippen molar-refractivity contribution in [2.24, 2.45) is 0 Å². The van der Waals surface area contributed by atoms with Crippen molar-refractivity contribution >= 4 is 0 Å². The third-order valence-electron chi connectivity index (χ3n) is 4.91. The number of aryl methyl sites for hydroxylation is 2. The van der Waals surface area contributed by atoms with E-state index in [0.29, 0.717) is 11.1 Å². The summed E-state index contributed by atoms with van der Waals surface area (Å²) in [5.74, 6) is 3.55. The predicted molar refractivity (Wildman–Crippen MR) is 112 cm³/mol. The highest BCUT2D eigenvalue weighted by molar-refractivity contribution is 5.65. The third-order valence-corrected chi connectivity index (χ3v) is 4.91. The molecule has 3 aromatic carbocycles. The van der Waals surface area contributed by atoms with Gasteiger partial charge in [0.2, 0.25) is 0 Å². The van der Waals surface area contributed by atoms with Crippen LogP contribution in [0.3, 0.4) is 0 Å². The van der Waals surface area contributed by atoms with E-state index in [1.54, 1.807) is 12.1 Å². The van der Waals surface area contributed by atoms with Gasteiger partial charge < -0.3 is 0 Å². The fourth-order valence-electron chi connectivity index (χ4n) is 3.21. The van der Waals surface area contributed by atoms with Crippen LogP contribution in [-0.4, -0.2) is 0 Å². The van der Waals surface area contributed by atoms with Crippen LogP contribution >= 0.6 is 0 Å². The zero-order valence-electron chi connectivity index (χ0n) is 16.7. The molecule has 0 spiro atoms. The average molecular weight is 392 g/mol. The van der Waals surface area contributed by atoms with E-state index >= 15 is 0 Å². The maximum Gasteiger partial charge on any atom is 0.159 e. The van der Waals surface area contributed by atoms with E-state index in [1.807, 2.05) is 13.0 Å². The first-order valence-corrected chi connectivity index (χ1v) is 9.84. The molecular formula is C26H23F3. The standard InChI is InChI=1S/C26H23F3/c1-3-4-5-6-19-7-8-20(18(2)15-19)9-10-21-11-12-22(16-25(21)28)23-13-14-24(27)26(29)17-23/h7-8,11-17H,3-6H2,1-2H3. The molecule has 0 aromatic heterocycles. The van der Waals surface area contributed by atoms with E-state index in [4.69, 9.17) is 0 Å². The summed E-state index contributed by atoms with van der Waals surface area (Å²) in [6, 6.07) is 14.2. The molecule has 0 bridgehead atoms. The molecule has 0 fully saturated rings. The summed E-state index contributed by atoms with van der Waals surface area (Å²) in [6.45, 7) is 4.20. The molecule has 0 heterocycles. The zero-order chi connectivity index (χ0) is 20.8. The van der Waals surface area contributed by atoms with Gasteiger partial charge >= 0.3 is 0 Å². The Labute approximate surface area is 170 Å². The number of unbranched alkanes of at least 4 members (excludes halogenated alkanes) is 2. The minimum absolute atomic E-state index is 0.266. The van der Waals surface area contributed by atoms with Crippen LogP contribution in [0.4, 0.5) is 13.2 Å². The summed E-state index contributed by atoms with van der Waals surface area (Å²) >= 11 is 0. The molecule has 0 amide bonds. The number of rotatable bonds is 5. The van der Waals surface area contributed by atoms with E-state index in [9.17, 15) is 13.2 Å². The maximum atomic E-state index is 14.5. The smallest absolute Gasteiger partial charge is 0.159 e. The van der Waals surface area contributed by atoms with Crippen LogP contribution < -0.4 is 0 Å². The molecule has 3 heteroatoms. The topological polar surface area (TPSA) is 0 Å². The fourth-order valence-corrected chi connectivity index (χ4v) is 3.21. The summed E-state index contributed by atoms with van der Waals surface area (Å²) in [5.41, 5.74) is 4.39. The van der Waals surface area contributed by atoms with Crippen molar-refractivity contribution in [1.29, 1.82) is 0 Å². The SMILES string of the molecule is CCCCCc1ccc(C#Cc2ccc(-c3ccc(F)c(F)c3)cc2F)c(C)c1. The van der Waals surface area contributed by atoms with E-state index in [-0.39, 0.29) is 5.56 Å². The molecule has 0 saturated carbocycles. The van der Waals surface area contributed by atoms with Crippen molar-refractivity contribution in [3.8, 4) is 23.0 Å². The van der Waals surface area contributed by atoms with Crippen molar-refractivity contribution in [1.82, 2.24) is 0 Å². The van der Waals surface area contributed by atoms with Gasteiger partial charge in [0.25, 0.3) is 0 Å². The molecule has 0 saturated heterocycles. The van der Waals surface area contributed by atoms with Gasteiger partial charge in [-0.2, -0.15) is 0 Å². The predicted octanol–water partition coefficient (Wildman–Crippen LogP) is 7.21. The van der Waals surface area contributed by atoms with Crippen molar-refractivity contribution in [3.05, 3.63) is 94.3 Å². The molecular weight excluding hydrogens is 369 g/mol. The van der Waals surface area contributed by atoms with Gasteiger partial charge in [-0.25, -0.2) is 13.2 Å². The summed E-state index contributed by atoms with van der Waals surface area (Å²) in [7, 11) is 0. The minimum atomic E-state index is -0.958. The lowest BCUT2D eigenvalue weighted by Crippen LogP contribution is -1.91. The van der Waals surface area contributed by atoms with Crippen molar-refractivity contribution in [2.75, 3.05) is 0 Å². The Morgan fingerprint density at radius 3 is 2.00 bits per heavy atom. The van der Waals surface area contributed by atoms with Crippen LogP contribution in [0.15, 0.2) is 54.6 Å². The van der Waals surface area contributed by atoms with Gasteiger partial charge in [-0.1, -0.05) is 55.9 Å². The largest absolute Gasteiger partial charge is 0.206 e. The van der Waals surface area contributed by atoms with Crippen LogP contribution in [0.2, 0.25) is 0 Å². The second-order valence-corrected chi connectivity index (χ2v) is 7.18. The molecule has 0 aliphatic heterocycles. The van der Waals surface area contributed by atoms with E-state index in [1.165, 1.54) is 37.0 Å². The Morgan fingerprint density at radius 2 is 1.34 bits per heavy atom. The second-order valence-electron chi connectivity index (χ2n) is 7.18.